The van der Waals surface area contributed by atoms with Crippen LogP contribution in [0.2, 0.25) is 0 Å². The summed E-state index contributed by atoms with van der Waals surface area (Å²) >= 11 is 0. The van der Waals surface area contributed by atoms with Crippen LogP contribution in [0.25, 0.3) is 0 Å². The van der Waals surface area contributed by atoms with Crippen molar-refractivity contribution in [3.63, 3.8) is 0 Å². The molecule has 3 fully saturated rings. The first-order valence-electron chi connectivity index (χ1n) is 12.0. The van der Waals surface area contributed by atoms with Gasteiger partial charge in [0.05, 0.1) is 13.0 Å². The lowest BCUT2D eigenvalue weighted by molar-refractivity contribution is -0.152. The zero-order valence-electron chi connectivity index (χ0n) is 19.1. The van der Waals surface area contributed by atoms with E-state index in [0.717, 1.165) is 24.7 Å². The third-order valence-corrected chi connectivity index (χ3v) is 9.83. The van der Waals surface area contributed by atoms with Crippen molar-refractivity contribution in [2.45, 2.75) is 79.1 Å². The standard InChI is InChI=1S/C26H40O3/c1-16(2)14-20(24(28)29-5)22-9-8-21-19-7-6-17-15-18(27)10-12-25(17,3)23(19)11-13-26(21,22)4/h10,12,16-17,19-23H,6-9,11,13-15H2,1-5H3/t17-,19-,20+,21-,22+,23-,25-,26-/m0/s1. The number of ether oxygens (including phenoxy) is 1. The topological polar surface area (TPSA) is 43.4 Å². The molecule has 3 nitrogen and oxygen atoms in total. The second-order valence-electron chi connectivity index (χ2n) is 11.5. The Kier molecular flexibility index (Phi) is 5.49. The second kappa shape index (κ2) is 7.54. The highest BCUT2D eigenvalue weighted by Gasteiger charge is 2.61. The van der Waals surface area contributed by atoms with E-state index < -0.39 is 0 Å². The number of allylic oxidation sites excluding steroid dienone is 2. The SMILES string of the molecule is COC(=O)[C@H](CC(C)C)[C@H]1CC[C@H]2[C@@H]3CC[C@H]4CC(=O)C=C[C@]4(C)[C@H]3CC[C@]12C. The minimum atomic E-state index is 0.0112. The smallest absolute Gasteiger partial charge is 0.308 e. The first-order valence-corrected chi connectivity index (χ1v) is 12.0. The summed E-state index contributed by atoms with van der Waals surface area (Å²) in [5, 5.41) is 0. The van der Waals surface area contributed by atoms with Crippen molar-refractivity contribution in [3.05, 3.63) is 12.2 Å². The number of esters is 1. The highest BCUT2D eigenvalue weighted by atomic mass is 16.5. The fraction of sp³-hybridized carbons (Fsp3) is 0.846. The molecule has 0 aliphatic heterocycles. The predicted octanol–water partition coefficient (Wildman–Crippen LogP) is 5.83. The number of hydrogen-bond acceptors (Lipinski definition) is 3. The molecule has 29 heavy (non-hydrogen) atoms. The maximum atomic E-state index is 12.7. The van der Waals surface area contributed by atoms with Crippen LogP contribution in [-0.2, 0) is 14.3 Å². The summed E-state index contributed by atoms with van der Waals surface area (Å²) in [5.41, 5.74) is 0.447. The van der Waals surface area contributed by atoms with E-state index in [4.69, 9.17) is 4.74 Å². The molecule has 0 spiro atoms. The third kappa shape index (κ3) is 3.31. The van der Waals surface area contributed by atoms with Crippen LogP contribution in [0.5, 0.6) is 0 Å². The van der Waals surface area contributed by atoms with Crippen molar-refractivity contribution >= 4 is 11.8 Å². The van der Waals surface area contributed by atoms with Gasteiger partial charge in [-0.2, -0.15) is 0 Å². The quantitative estimate of drug-likeness (QED) is 0.558. The second-order valence-corrected chi connectivity index (χ2v) is 11.5. The molecule has 0 bridgehead atoms. The van der Waals surface area contributed by atoms with E-state index in [1.807, 2.05) is 6.08 Å². The Morgan fingerprint density at radius 2 is 1.90 bits per heavy atom. The molecule has 3 heteroatoms. The molecule has 0 saturated heterocycles. The van der Waals surface area contributed by atoms with Crippen LogP contribution in [0.4, 0.5) is 0 Å². The van der Waals surface area contributed by atoms with Crippen molar-refractivity contribution in [1.82, 2.24) is 0 Å². The van der Waals surface area contributed by atoms with Crippen molar-refractivity contribution in [1.29, 1.82) is 0 Å². The Bertz CT molecular complexity index is 694. The van der Waals surface area contributed by atoms with E-state index in [9.17, 15) is 9.59 Å². The molecule has 0 radical (unpaired) electrons. The van der Waals surface area contributed by atoms with Gasteiger partial charge >= 0.3 is 5.97 Å². The zero-order chi connectivity index (χ0) is 21.0. The van der Waals surface area contributed by atoms with Gasteiger partial charge in [0.1, 0.15) is 0 Å². The maximum absolute atomic E-state index is 12.7. The van der Waals surface area contributed by atoms with Crippen LogP contribution >= 0.6 is 0 Å². The van der Waals surface area contributed by atoms with Gasteiger partial charge in [0.15, 0.2) is 5.78 Å². The molecule has 162 valence electrons. The van der Waals surface area contributed by atoms with E-state index in [1.165, 1.54) is 38.5 Å². The third-order valence-electron chi connectivity index (χ3n) is 9.83. The maximum Gasteiger partial charge on any atom is 0.308 e. The Labute approximate surface area is 177 Å². The molecule has 0 unspecified atom stereocenters. The fourth-order valence-corrected chi connectivity index (χ4v) is 8.42. The van der Waals surface area contributed by atoms with Crippen LogP contribution in [0.15, 0.2) is 12.2 Å². The molecular formula is C26H40O3. The normalized spacial score (nSPS) is 44.8. The van der Waals surface area contributed by atoms with Gasteiger partial charge < -0.3 is 4.74 Å². The van der Waals surface area contributed by atoms with E-state index in [1.54, 1.807) is 7.11 Å². The molecule has 0 N–H and O–H groups in total. The van der Waals surface area contributed by atoms with Crippen LogP contribution in [0, 0.1) is 52.3 Å². The van der Waals surface area contributed by atoms with E-state index in [0.29, 0.717) is 29.5 Å². The monoisotopic (exact) mass is 400 g/mol. The van der Waals surface area contributed by atoms with Gasteiger partial charge in [-0.25, -0.2) is 0 Å². The molecule has 0 aromatic carbocycles. The fourth-order valence-electron chi connectivity index (χ4n) is 8.42. The Hall–Kier alpha value is -1.12. The first kappa shape index (κ1) is 21.1. The molecule has 0 amide bonds. The number of carbonyl (C=O) groups excluding carboxylic acids is 2. The van der Waals surface area contributed by atoms with Gasteiger partial charge in [-0.3, -0.25) is 9.59 Å². The van der Waals surface area contributed by atoms with Gasteiger partial charge in [0.25, 0.3) is 0 Å². The summed E-state index contributed by atoms with van der Waals surface area (Å²) < 4.78 is 5.27. The number of hydrogen-bond donors (Lipinski definition) is 0. The Morgan fingerprint density at radius 1 is 1.14 bits per heavy atom. The van der Waals surface area contributed by atoms with Gasteiger partial charge in [0.2, 0.25) is 0 Å². The highest BCUT2D eigenvalue weighted by molar-refractivity contribution is 5.91. The average Bonchev–Trinajstić information content (AvgIpc) is 3.03. The lowest BCUT2D eigenvalue weighted by Crippen LogP contribution is -2.53. The highest BCUT2D eigenvalue weighted by Crippen LogP contribution is 2.67. The van der Waals surface area contributed by atoms with Crippen LogP contribution in [-0.4, -0.2) is 18.9 Å². The van der Waals surface area contributed by atoms with Gasteiger partial charge in [-0.1, -0.05) is 33.8 Å². The van der Waals surface area contributed by atoms with Gasteiger partial charge in [-0.15, -0.1) is 0 Å². The largest absolute Gasteiger partial charge is 0.469 e. The van der Waals surface area contributed by atoms with E-state index in [2.05, 4.69) is 33.8 Å². The number of ketones is 1. The van der Waals surface area contributed by atoms with Crippen molar-refractivity contribution in [2.75, 3.05) is 7.11 Å². The number of rotatable bonds is 4. The number of methoxy groups -OCH3 is 1. The van der Waals surface area contributed by atoms with Gasteiger partial charge in [0, 0.05) is 6.42 Å². The minimum absolute atomic E-state index is 0.0112. The molecular weight excluding hydrogens is 360 g/mol. The Morgan fingerprint density at radius 3 is 2.59 bits per heavy atom. The minimum Gasteiger partial charge on any atom is -0.469 e. The summed E-state index contributed by atoms with van der Waals surface area (Å²) in [6, 6.07) is 0. The molecule has 4 aliphatic carbocycles. The molecule has 0 aromatic heterocycles. The van der Waals surface area contributed by atoms with Gasteiger partial charge in [-0.05, 0) is 97.4 Å². The average molecular weight is 401 g/mol. The number of fused-ring (bicyclic) bond motifs is 5. The number of carbonyl (C=O) groups is 2. The molecule has 4 aliphatic rings. The zero-order valence-corrected chi connectivity index (χ0v) is 19.1. The van der Waals surface area contributed by atoms with Crippen molar-refractivity contribution in [3.8, 4) is 0 Å². The van der Waals surface area contributed by atoms with Crippen molar-refractivity contribution < 1.29 is 14.3 Å². The summed E-state index contributed by atoms with van der Waals surface area (Å²) in [6.07, 6.45) is 13.2. The molecule has 3 saturated carbocycles. The van der Waals surface area contributed by atoms with Crippen LogP contribution in [0.1, 0.15) is 79.1 Å². The van der Waals surface area contributed by atoms with Crippen LogP contribution in [0.3, 0.4) is 0 Å². The summed E-state index contributed by atoms with van der Waals surface area (Å²) in [5.74, 6) is 4.04. The summed E-state index contributed by atoms with van der Waals surface area (Å²) in [7, 11) is 1.56. The molecule has 0 heterocycles. The lowest BCUT2D eigenvalue weighted by Gasteiger charge is -2.59. The summed E-state index contributed by atoms with van der Waals surface area (Å²) in [6.45, 7) is 9.37. The predicted molar refractivity (Wildman–Crippen MR) is 115 cm³/mol. The molecule has 0 aromatic rings. The molecule has 4 rings (SSSR count). The first-order chi connectivity index (χ1) is 13.7. The van der Waals surface area contributed by atoms with Crippen molar-refractivity contribution in [2.24, 2.45) is 52.3 Å². The Balaban J connectivity index is 1.61. The molecule has 8 atom stereocenters. The van der Waals surface area contributed by atoms with E-state index in [-0.39, 0.29) is 22.7 Å². The van der Waals surface area contributed by atoms with Crippen LogP contribution < -0.4 is 0 Å². The van der Waals surface area contributed by atoms with E-state index >= 15 is 0 Å². The lowest BCUT2D eigenvalue weighted by atomic mass is 9.45. The summed E-state index contributed by atoms with van der Waals surface area (Å²) in [4.78, 5) is 24.8.